The number of carbonyl (C=O) groups is 1. The van der Waals surface area contributed by atoms with Gasteiger partial charge in [-0.25, -0.2) is 0 Å². The second kappa shape index (κ2) is 5.89. The molecule has 2 aromatic rings. The highest BCUT2D eigenvalue weighted by atomic mass is 35.5. The molecule has 2 rings (SSSR count). The maximum absolute atomic E-state index is 12.1. The number of benzene rings is 2. The summed E-state index contributed by atoms with van der Waals surface area (Å²) in [4.78, 5) is 12.1. The molecule has 0 saturated heterocycles. The van der Waals surface area contributed by atoms with Crippen LogP contribution in [-0.2, 0) is 0 Å². The van der Waals surface area contributed by atoms with E-state index in [0.717, 1.165) is 16.9 Å². The molecule has 19 heavy (non-hydrogen) atoms. The lowest BCUT2D eigenvalue weighted by Gasteiger charge is -2.11. The molecular weight excluding hydrogens is 260 g/mol. The summed E-state index contributed by atoms with van der Waals surface area (Å²) < 4.78 is 5.63. The van der Waals surface area contributed by atoms with Crippen LogP contribution in [0, 0.1) is 13.8 Å². The van der Waals surface area contributed by atoms with E-state index < -0.39 is 0 Å². The van der Waals surface area contributed by atoms with Crippen molar-refractivity contribution in [1.82, 2.24) is 0 Å². The fourth-order valence-electron chi connectivity index (χ4n) is 1.93. The van der Waals surface area contributed by atoms with Crippen molar-refractivity contribution in [2.75, 3.05) is 6.61 Å². The third kappa shape index (κ3) is 3.15. The topological polar surface area (TPSA) is 26.3 Å². The van der Waals surface area contributed by atoms with Crippen molar-refractivity contribution in [3.05, 3.63) is 64.2 Å². The Morgan fingerprint density at radius 3 is 2.32 bits per heavy atom. The summed E-state index contributed by atoms with van der Waals surface area (Å²) in [5, 5.41) is 0.456. The number of hydrogen-bond donors (Lipinski definition) is 0. The SMILES string of the molecule is Cc1cccc(C)c1OCC(=O)c1ccccc1Cl. The van der Waals surface area contributed by atoms with Crippen LogP contribution in [-0.4, -0.2) is 12.4 Å². The Bertz CT molecular complexity index is 585. The number of carbonyl (C=O) groups excluding carboxylic acids is 1. The van der Waals surface area contributed by atoms with Crippen LogP contribution in [0.1, 0.15) is 21.5 Å². The molecule has 0 amide bonds. The molecule has 0 spiro atoms. The van der Waals surface area contributed by atoms with E-state index in [4.69, 9.17) is 16.3 Å². The maximum Gasteiger partial charge on any atom is 0.201 e. The zero-order valence-corrected chi connectivity index (χ0v) is 11.7. The molecule has 0 aliphatic carbocycles. The van der Waals surface area contributed by atoms with Gasteiger partial charge in [0.05, 0.1) is 5.02 Å². The number of aryl methyl sites for hydroxylation is 2. The van der Waals surface area contributed by atoms with Crippen LogP contribution in [0.15, 0.2) is 42.5 Å². The fourth-order valence-corrected chi connectivity index (χ4v) is 2.17. The summed E-state index contributed by atoms with van der Waals surface area (Å²) in [5.41, 5.74) is 2.54. The normalized spacial score (nSPS) is 10.3. The van der Waals surface area contributed by atoms with Crippen molar-refractivity contribution in [2.24, 2.45) is 0 Å². The van der Waals surface area contributed by atoms with Gasteiger partial charge in [-0.1, -0.05) is 41.9 Å². The van der Waals surface area contributed by atoms with Gasteiger partial charge in [-0.2, -0.15) is 0 Å². The summed E-state index contributed by atoms with van der Waals surface area (Å²) in [7, 11) is 0. The van der Waals surface area contributed by atoms with E-state index in [1.807, 2.05) is 32.0 Å². The Hall–Kier alpha value is -1.80. The van der Waals surface area contributed by atoms with Crippen LogP contribution in [0.25, 0.3) is 0 Å². The van der Waals surface area contributed by atoms with E-state index in [9.17, 15) is 4.79 Å². The molecule has 0 heterocycles. The highest BCUT2D eigenvalue weighted by Crippen LogP contribution is 2.23. The van der Waals surface area contributed by atoms with Crippen LogP contribution in [0.5, 0.6) is 5.75 Å². The van der Waals surface area contributed by atoms with E-state index in [2.05, 4.69) is 0 Å². The van der Waals surface area contributed by atoms with Gasteiger partial charge < -0.3 is 4.74 Å². The first-order valence-electron chi connectivity index (χ1n) is 6.06. The molecule has 0 bridgehead atoms. The van der Waals surface area contributed by atoms with Gasteiger partial charge in [0.15, 0.2) is 6.61 Å². The van der Waals surface area contributed by atoms with Crippen molar-refractivity contribution in [1.29, 1.82) is 0 Å². The Kier molecular flexibility index (Phi) is 4.23. The Balaban J connectivity index is 2.11. The first kappa shape index (κ1) is 13.6. The molecule has 0 aliphatic rings. The van der Waals surface area contributed by atoms with Gasteiger partial charge in [-0.15, -0.1) is 0 Å². The number of ketones is 1. The minimum absolute atomic E-state index is 0.00454. The minimum atomic E-state index is -0.117. The molecule has 0 fully saturated rings. The molecule has 3 heteroatoms. The zero-order valence-electron chi connectivity index (χ0n) is 10.9. The molecule has 0 unspecified atom stereocenters. The lowest BCUT2D eigenvalue weighted by Crippen LogP contribution is -2.13. The van der Waals surface area contributed by atoms with Crippen LogP contribution in [0.4, 0.5) is 0 Å². The summed E-state index contributed by atoms with van der Waals surface area (Å²) in [6, 6.07) is 12.9. The Morgan fingerprint density at radius 1 is 1.05 bits per heavy atom. The molecule has 0 aliphatic heterocycles. The number of halogens is 1. The fraction of sp³-hybridized carbons (Fsp3) is 0.188. The summed E-state index contributed by atoms with van der Waals surface area (Å²) in [5.74, 6) is 0.649. The summed E-state index contributed by atoms with van der Waals surface area (Å²) in [6.45, 7) is 3.92. The average Bonchev–Trinajstić information content (AvgIpc) is 2.38. The lowest BCUT2D eigenvalue weighted by molar-refractivity contribution is 0.0921. The minimum Gasteiger partial charge on any atom is -0.485 e. The van der Waals surface area contributed by atoms with Crippen LogP contribution in [0.3, 0.4) is 0 Å². The number of ether oxygens (including phenoxy) is 1. The van der Waals surface area contributed by atoms with Gasteiger partial charge in [0.2, 0.25) is 5.78 Å². The Morgan fingerprint density at radius 2 is 1.68 bits per heavy atom. The third-order valence-electron chi connectivity index (χ3n) is 2.93. The smallest absolute Gasteiger partial charge is 0.201 e. The van der Waals surface area contributed by atoms with E-state index in [-0.39, 0.29) is 12.4 Å². The van der Waals surface area contributed by atoms with Gasteiger partial charge in [0, 0.05) is 5.56 Å². The van der Waals surface area contributed by atoms with Gasteiger partial charge in [-0.05, 0) is 37.1 Å². The monoisotopic (exact) mass is 274 g/mol. The first-order valence-corrected chi connectivity index (χ1v) is 6.44. The average molecular weight is 275 g/mol. The summed E-state index contributed by atoms with van der Waals surface area (Å²) in [6.07, 6.45) is 0. The van der Waals surface area contributed by atoms with Crippen LogP contribution >= 0.6 is 11.6 Å². The zero-order chi connectivity index (χ0) is 13.8. The first-order chi connectivity index (χ1) is 9.09. The van der Waals surface area contributed by atoms with E-state index in [1.165, 1.54) is 0 Å². The van der Waals surface area contributed by atoms with Gasteiger partial charge >= 0.3 is 0 Å². The number of rotatable bonds is 4. The van der Waals surface area contributed by atoms with Crippen LogP contribution < -0.4 is 4.74 Å². The van der Waals surface area contributed by atoms with Crippen molar-refractivity contribution in [2.45, 2.75) is 13.8 Å². The molecule has 0 aromatic heterocycles. The molecule has 98 valence electrons. The van der Waals surface area contributed by atoms with Crippen molar-refractivity contribution < 1.29 is 9.53 Å². The predicted molar refractivity (Wildman–Crippen MR) is 77.2 cm³/mol. The Labute approximate surface area is 118 Å². The number of Topliss-reactive ketones (excluding diaryl/α,β-unsaturated/α-hetero) is 1. The molecule has 2 aromatic carbocycles. The largest absolute Gasteiger partial charge is 0.485 e. The summed E-state index contributed by atoms with van der Waals surface area (Å²) >= 11 is 5.99. The molecule has 0 atom stereocenters. The van der Waals surface area contributed by atoms with E-state index in [1.54, 1.807) is 24.3 Å². The van der Waals surface area contributed by atoms with E-state index >= 15 is 0 Å². The van der Waals surface area contributed by atoms with Gasteiger partial charge in [0.1, 0.15) is 5.75 Å². The molecule has 0 saturated carbocycles. The number of hydrogen-bond acceptors (Lipinski definition) is 2. The van der Waals surface area contributed by atoms with Gasteiger partial charge in [-0.3, -0.25) is 4.79 Å². The highest BCUT2D eigenvalue weighted by molar-refractivity contribution is 6.34. The van der Waals surface area contributed by atoms with Crippen molar-refractivity contribution in [3.63, 3.8) is 0 Å². The molecule has 0 N–H and O–H groups in total. The second-order valence-corrected chi connectivity index (χ2v) is 4.82. The second-order valence-electron chi connectivity index (χ2n) is 4.41. The van der Waals surface area contributed by atoms with Gasteiger partial charge in [0.25, 0.3) is 0 Å². The van der Waals surface area contributed by atoms with Crippen molar-refractivity contribution >= 4 is 17.4 Å². The predicted octanol–water partition coefficient (Wildman–Crippen LogP) is 4.22. The van der Waals surface area contributed by atoms with Crippen molar-refractivity contribution in [3.8, 4) is 5.75 Å². The molecule has 0 radical (unpaired) electrons. The van der Waals surface area contributed by atoms with Crippen LogP contribution in [0.2, 0.25) is 5.02 Å². The number of para-hydroxylation sites is 1. The standard InChI is InChI=1S/C16H15ClO2/c1-11-6-5-7-12(2)16(11)19-10-15(18)13-8-3-4-9-14(13)17/h3-9H,10H2,1-2H3. The van der Waals surface area contributed by atoms with E-state index in [0.29, 0.717) is 10.6 Å². The quantitative estimate of drug-likeness (QED) is 0.781. The lowest BCUT2D eigenvalue weighted by atomic mass is 10.1. The molecule has 2 nitrogen and oxygen atoms in total. The molecular formula is C16H15ClO2. The maximum atomic E-state index is 12.1. The third-order valence-corrected chi connectivity index (χ3v) is 3.26. The highest BCUT2D eigenvalue weighted by Gasteiger charge is 2.12.